The second kappa shape index (κ2) is 7.82. The van der Waals surface area contributed by atoms with Crippen LogP contribution in [-0.4, -0.2) is 38.7 Å². The minimum Gasteiger partial charge on any atom is -0.496 e. The quantitative estimate of drug-likeness (QED) is 0.914. The van der Waals surface area contributed by atoms with Gasteiger partial charge in [-0.15, -0.1) is 12.4 Å². The van der Waals surface area contributed by atoms with Gasteiger partial charge in [-0.05, 0) is 49.3 Å². The van der Waals surface area contributed by atoms with E-state index >= 15 is 0 Å². The summed E-state index contributed by atoms with van der Waals surface area (Å²) in [6.07, 6.45) is 1.29. The molecule has 22 heavy (non-hydrogen) atoms. The third-order valence-electron chi connectivity index (χ3n) is 4.46. The zero-order valence-corrected chi connectivity index (χ0v) is 14.2. The van der Waals surface area contributed by atoms with E-state index in [-0.39, 0.29) is 12.4 Å². The largest absolute Gasteiger partial charge is 0.496 e. The molecular formula is C18H25ClN2O. The fourth-order valence-electron chi connectivity index (χ4n) is 3.41. The third kappa shape index (κ3) is 3.54. The molecule has 0 saturated carbocycles. The Morgan fingerprint density at radius 3 is 2.82 bits per heavy atom. The molecule has 1 atom stereocenters. The lowest BCUT2D eigenvalue weighted by Gasteiger charge is -2.19. The van der Waals surface area contributed by atoms with Crippen LogP contribution in [0.1, 0.15) is 12.0 Å². The van der Waals surface area contributed by atoms with E-state index in [1.54, 1.807) is 7.11 Å². The Balaban J connectivity index is 0.00000176. The van der Waals surface area contributed by atoms with Gasteiger partial charge in [-0.2, -0.15) is 0 Å². The Kier molecular flexibility index (Phi) is 6.07. The van der Waals surface area contributed by atoms with E-state index in [4.69, 9.17) is 4.74 Å². The number of fused-ring (bicyclic) bond motifs is 1. The van der Waals surface area contributed by atoms with Gasteiger partial charge in [0.2, 0.25) is 0 Å². The first-order valence-corrected chi connectivity index (χ1v) is 7.73. The van der Waals surface area contributed by atoms with E-state index in [1.165, 1.54) is 35.8 Å². The molecule has 0 spiro atoms. The average molecular weight is 321 g/mol. The minimum atomic E-state index is 0. The molecule has 3 nitrogen and oxygen atoms in total. The molecule has 0 aliphatic carbocycles. The first kappa shape index (κ1) is 17.1. The van der Waals surface area contributed by atoms with Gasteiger partial charge in [-0.1, -0.05) is 30.3 Å². The first-order valence-electron chi connectivity index (χ1n) is 7.73. The molecule has 1 aliphatic rings. The van der Waals surface area contributed by atoms with Gasteiger partial charge in [0.1, 0.15) is 5.75 Å². The second-order valence-corrected chi connectivity index (χ2v) is 5.92. The fraction of sp³-hybridized carbons (Fsp3) is 0.444. The maximum Gasteiger partial charge on any atom is 0.123 e. The highest BCUT2D eigenvalue weighted by molar-refractivity contribution is 5.87. The van der Waals surface area contributed by atoms with Crippen LogP contribution in [0.5, 0.6) is 5.75 Å². The van der Waals surface area contributed by atoms with Crippen LogP contribution in [0.25, 0.3) is 10.8 Å². The van der Waals surface area contributed by atoms with Gasteiger partial charge >= 0.3 is 0 Å². The molecular weight excluding hydrogens is 296 g/mol. The van der Waals surface area contributed by atoms with Crippen LogP contribution >= 0.6 is 12.4 Å². The van der Waals surface area contributed by atoms with Crippen LogP contribution in [0.3, 0.4) is 0 Å². The summed E-state index contributed by atoms with van der Waals surface area (Å²) in [6, 6.07) is 12.8. The first-order chi connectivity index (χ1) is 10.3. The van der Waals surface area contributed by atoms with Crippen molar-refractivity contribution in [2.75, 3.05) is 33.8 Å². The highest BCUT2D eigenvalue weighted by Crippen LogP contribution is 2.30. The van der Waals surface area contributed by atoms with Crippen molar-refractivity contribution in [2.45, 2.75) is 13.0 Å². The number of nitrogens with one attached hydrogen (secondary N) is 1. The maximum atomic E-state index is 5.60. The minimum absolute atomic E-state index is 0. The normalized spacial score (nSPS) is 18.4. The topological polar surface area (TPSA) is 24.5 Å². The van der Waals surface area contributed by atoms with Crippen molar-refractivity contribution in [1.82, 2.24) is 10.2 Å². The Morgan fingerprint density at radius 1 is 1.23 bits per heavy atom. The molecule has 1 unspecified atom stereocenters. The predicted molar refractivity (Wildman–Crippen MR) is 95.1 cm³/mol. The Bertz CT molecular complexity index is 617. The molecule has 0 aromatic heterocycles. The zero-order valence-electron chi connectivity index (χ0n) is 13.3. The van der Waals surface area contributed by atoms with E-state index in [1.807, 2.05) is 7.05 Å². The van der Waals surface area contributed by atoms with Crippen LogP contribution in [0, 0.1) is 5.92 Å². The number of nitrogens with zero attached hydrogens (tertiary/aromatic N) is 1. The molecule has 1 aliphatic heterocycles. The van der Waals surface area contributed by atoms with Crippen molar-refractivity contribution in [3.05, 3.63) is 42.0 Å². The Hall–Kier alpha value is -1.29. The van der Waals surface area contributed by atoms with Crippen LogP contribution in [0.4, 0.5) is 0 Å². The molecule has 2 aromatic carbocycles. The second-order valence-electron chi connectivity index (χ2n) is 5.92. The number of methoxy groups -OCH3 is 1. The van der Waals surface area contributed by atoms with Crippen LogP contribution in [-0.2, 0) is 6.54 Å². The van der Waals surface area contributed by atoms with Gasteiger partial charge in [0.25, 0.3) is 0 Å². The third-order valence-corrected chi connectivity index (χ3v) is 4.46. The summed E-state index contributed by atoms with van der Waals surface area (Å²) < 4.78 is 5.60. The molecule has 120 valence electrons. The van der Waals surface area contributed by atoms with Gasteiger partial charge in [0, 0.05) is 18.7 Å². The summed E-state index contributed by atoms with van der Waals surface area (Å²) >= 11 is 0. The zero-order chi connectivity index (χ0) is 14.7. The van der Waals surface area contributed by atoms with Crippen LogP contribution in [0.2, 0.25) is 0 Å². The van der Waals surface area contributed by atoms with Crippen molar-refractivity contribution in [3.63, 3.8) is 0 Å². The highest BCUT2D eigenvalue weighted by atomic mass is 35.5. The van der Waals surface area contributed by atoms with E-state index in [2.05, 4.69) is 46.6 Å². The van der Waals surface area contributed by atoms with Gasteiger partial charge in [0.05, 0.1) is 7.11 Å². The number of likely N-dealkylation sites (tertiary alicyclic amines) is 1. The number of ether oxygens (including phenoxy) is 1. The van der Waals surface area contributed by atoms with Crippen molar-refractivity contribution in [1.29, 1.82) is 0 Å². The van der Waals surface area contributed by atoms with Crippen molar-refractivity contribution in [2.24, 2.45) is 5.92 Å². The van der Waals surface area contributed by atoms with Gasteiger partial charge in [0.15, 0.2) is 0 Å². The summed E-state index contributed by atoms with van der Waals surface area (Å²) in [4.78, 5) is 2.55. The average Bonchev–Trinajstić information content (AvgIpc) is 2.95. The molecule has 1 fully saturated rings. The lowest BCUT2D eigenvalue weighted by atomic mass is 10.0. The number of halogens is 1. The molecule has 1 saturated heterocycles. The van der Waals surface area contributed by atoms with Crippen molar-refractivity contribution in [3.8, 4) is 5.75 Å². The monoisotopic (exact) mass is 320 g/mol. The summed E-state index contributed by atoms with van der Waals surface area (Å²) in [6.45, 7) is 4.44. The van der Waals surface area contributed by atoms with Crippen LogP contribution < -0.4 is 10.1 Å². The van der Waals surface area contributed by atoms with Gasteiger partial charge < -0.3 is 10.1 Å². The van der Waals surface area contributed by atoms with E-state index < -0.39 is 0 Å². The molecule has 0 radical (unpaired) electrons. The number of hydrogen-bond donors (Lipinski definition) is 1. The molecule has 3 rings (SSSR count). The summed E-state index contributed by atoms with van der Waals surface area (Å²) in [5, 5.41) is 5.90. The maximum absolute atomic E-state index is 5.60. The lowest BCUT2D eigenvalue weighted by Crippen LogP contribution is -2.24. The molecule has 1 N–H and O–H groups in total. The van der Waals surface area contributed by atoms with E-state index in [0.29, 0.717) is 0 Å². The standard InChI is InChI=1S/C18H24N2O.ClH/c1-19-11-14-9-10-20(12-14)13-17-16-6-4-3-5-15(16)7-8-18(17)21-2;/h3-8,14,19H,9-13H2,1-2H3;1H. The summed E-state index contributed by atoms with van der Waals surface area (Å²) in [5.41, 5.74) is 1.32. The SMILES string of the molecule is CNCC1CCN(Cc2c(OC)ccc3ccccc23)C1.Cl. The fourth-order valence-corrected chi connectivity index (χ4v) is 3.41. The van der Waals surface area contributed by atoms with E-state index in [9.17, 15) is 0 Å². The summed E-state index contributed by atoms with van der Waals surface area (Å²) in [7, 11) is 3.80. The smallest absolute Gasteiger partial charge is 0.123 e. The van der Waals surface area contributed by atoms with E-state index in [0.717, 1.165) is 24.8 Å². The van der Waals surface area contributed by atoms with Gasteiger partial charge in [-0.3, -0.25) is 4.90 Å². The molecule has 0 amide bonds. The summed E-state index contributed by atoms with van der Waals surface area (Å²) in [5.74, 6) is 1.78. The van der Waals surface area contributed by atoms with Crippen molar-refractivity contribution < 1.29 is 4.74 Å². The number of rotatable bonds is 5. The Morgan fingerprint density at radius 2 is 2.05 bits per heavy atom. The molecule has 0 bridgehead atoms. The molecule has 2 aromatic rings. The van der Waals surface area contributed by atoms with Crippen molar-refractivity contribution >= 4 is 23.2 Å². The number of benzene rings is 2. The van der Waals surface area contributed by atoms with Gasteiger partial charge in [-0.25, -0.2) is 0 Å². The predicted octanol–water partition coefficient (Wildman–Crippen LogP) is 3.31. The highest BCUT2D eigenvalue weighted by Gasteiger charge is 2.23. The Labute approximate surface area is 139 Å². The molecule has 1 heterocycles. The lowest BCUT2D eigenvalue weighted by molar-refractivity contribution is 0.308. The number of hydrogen-bond acceptors (Lipinski definition) is 3. The molecule has 4 heteroatoms. The van der Waals surface area contributed by atoms with Crippen LogP contribution in [0.15, 0.2) is 36.4 Å².